The maximum absolute atomic E-state index is 12.3. The number of nitrogens with one attached hydrogen (secondary N) is 1. The Labute approximate surface area is 164 Å². The average molecular weight is 431 g/mol. The van der Waals surface area contributed by atoms with Gasteiger partial charge in [0.15, 0.2) is 5.65 Å². The minimum absolute atomic E-state index is 0.111. The van der Waals surface area contributed by atoms with Gasteiger partial charge in [-0.2, -0.15) is 5.10 Å². The van der Waals surface area contributed by atoms with Gasteiger partial charge in [-0.05, 0) is 17.7 Å². The summed E-state index contributed by atoms with van der Waals surface area (Å²) in [5.41, 5.74) is 1.69. The van der Waals surface area contributed by atoms with Crippen LogP contribution in [0, 0.1) is 0 Å². The number of hydrogen-bond acceptors (Lipinski definition) is 6. The second-order valence-corrected chi connectivity index (χ2v) is 7.16. The Morgan fingerprint density at radius 3 is 2.74 bits per heavy atom. The summed E-state index contributed by atoms with van der Waals surface area (Å²) in [4.78, 5) is 23.2. The van der Waals surface area contributed by atoms with Crippen molar-refractivity contribution in [3.8, 4) is 0 Å². The first-order valence-electron chi connectivity index (χ1n) is 8.71. The van der Waals surface area contributed by atoms with Gasteiger partial charge in [-0.3, -0.25) is 4.79 Å². The summed E-state index contributed by atoms with van der Waals surface area (Å²) in [5.74, 6) is 0.722. The third kappa shape index (κ3) is 4.09. The van der Waals surface area contributed by atoms with Crippen LogP contribution < -0.4 is 10.2 Å². The van der Waals surface area contributed by atoms with Gasteiger partial charge in [0.05, 0.1) is 24.8 Å². The van der Waals surface area contributed by atoms with Crippen LogP contribution in [0.25, 0.3) is 11.0 Å². The van der Waals surface area contributed by atoms with Gasteiger partial charge in [-0.25, -0.2) is 14.6 Å². The number of carbonyl (C=O) groups is 1. The molecule has 1 saturated heterocycles. The normalized spacial score (nSPS) is 14.5. The Kier molecular flexibility index (Phi) is 5.30. The summed E-state index contributed by atoms with van der Waals surface area (Å²) in [6, 6.07) is 7.84. The Bertz CT molecular complexity index is 937. The van der Waals surface area contributed by atoms with Crippen LogP contribution in [-0.4, -0.2) is 52.0 Å². The van der Waals surface area contributed by atoms with Crippen LogP contribution in [0.4, 0.5) is 5.82 Å². The Morgan fingerprint density at radius 1 is 1.19 bits per heavy atom. The van der Waals surface area contributed by atoms with E-state index in [2.05, 4.69) is 41.2 Å². The Hall–Kier alpha value is -2.52. The fraction of sp³-hybridized carbons (Fsp3) is 0.333. The van der Waals surface area contributed by atoms with Crippen LogP contribution in [0.2, 0.25) is 0 Å². The molecular weight excluding hydrogens is 412 g/mol. The first-order valence-corrected chi connectivity index (χ1v) is 9.50. The summed E-state index contributed by atoms with van der Waals surface area (Å²) in [6.45, 7) is 3.51. The van der Waals surface area contributed by atoms with Crippen molar-refractivity contribution in [3.63, 3.8) is 0 Å². The fourth-order valence-electron chi connectivity index (χ4n) is 3.02. The number of halogens is 1. The zero-order valence-electron chi connectivity index (χ0n) is 14.6. The molecule has 27 heavy (non-hydrogen) atoms. The minimum Gasteiger partial charge on any atom is -0.378 e. The molecule has 0 spiro atoms. The van der Waals surface area contributed by atoms with E-state index in [0.29, 0.717) is 25.4 Å². The van der Waals surface area contributed by atoms with Gasteiger partial charge in [0.1, 0.15) is 18.7 Å². The summed E-state index contributed by atoms with van der Waals surface area (Å²) in [7, 11) is 0. The molecule has 2 aromatic heterocycles. The standard InChI is InChI=1S/C18H19BrN6O2/c19-14-3-1-13(2-4-14)9-20-16(26)11-25-18-15(10-23-25)17(21-12-22-18)24-5-7-27-8-6-24/h1-4,10,12H,5-9,11H2,(H,20,26). The van der Waals surface area contributed by atoms with Crippen molar-refractivity contribution < 1.29 is 9.53 Å². The largest absolute Gasteiger partial charge is 0.378 e. The van der Waals surface area contributed by atoms with Gasteiger partial charge in [0.25, 0.3) is 0 Å². The highest BCUT2D eigenvalue weighted by molar-refractivity contribution is 9.10. The number of amides is 1. The molecule has 0 saturated carbocycles. The highest BCUT2D eigenvalue weighted by Crippen LogP contribution is 2.23. The molecule has 8 nitrogen and oxygen atoms in total. The van der Waals surface area contributed by atoms with Crippen LogP contribution in [0.5, 0.6) is 0 Å². The predicted octanol–water partition coefficient (Wildman–Crippen LogP) is 1.74. The number of carbonyl (C=O) groups excluding carboxylic acids is 1. The highest BCUT2D eigenvalue weighted by atomic mass is 79.9. The summed E-state index contributed by atoms with van der Waals surface area (Å²) >= 11 is 3.40. The zero-order chi connectivity index (χ0) is 18.6. The molecule has 9 heteroatoms. The summed E-state index contributed by atoms with van der Waals surface area (Å²) in [6.07, 6.45) is 3.24. The molecule has 1 fully saturated rings. The van der Waals surface area contributed by atoms with Crippen LogP contribution in [0.1, 0.15) is 5.56 Å². The van der Waals surface area contributed by atoms with E-state index in [1.807, 2.05) is 24.3 Å². The van der Waals surface area contributed by atoms with Crippen molar-refractivity contribution in [2.45, 2.75) is 13.1 Å². The molecule has 1 aromatic carbocycles. The molecular formula is C18H19BrN6O2. The number of rotatable bonds is 5. The lowest BCUT2D eigenvalue weighted by Gasteiger charge is -2.27. The highest BCUT2D eigenvalue weighted by Gasteiger charge is 2.18. The molecule has 1 aliphatic rings. The first kappa shape index (κ1) is 17.9. The number of nitrogens with zero attached hydrogens (tertiary/aromatic N) is 5. The molecule has 3 heterocycles. The van der Waals surface area contributed by atoms with Crippen molar-refractivity contribution in [3.05, 3.63) is 46.8 Å². The van der Waals surface area contributed by atoms with Crippen LogP contribution in [0.3, 0.4) is 0 Å². The second kappa shape index (κ2) is 8.01. The van der Waals surface area contributed by atoms with Crippen molar-refractivity contribution >= 4 is 38.7 Å². The monoisotopic (exact) mass is 430 g/mol. The molecule has 4 rings (SSSR count). The molecule has 3 aromatic rings. The zero-order valence-corrected chi connectivity index (χ0v) is 16.2. The first-order chi connectivity index (χ1) is 13.2. The predicted molar refractivity (Wildman–Crippen MR) is 104 cm³/mol. The van der Waals surface area contributed by atoms with Crippen LogP contribution >= 0.6 is 15.9 Å². The van der Waals surface area contributed by atoms with Gasteiger partial charge in [0.2, 0.25) is 5.91 Å². The van der Waals surface area contributed by atoms with Gasteiger partial charge in [-0.15, -0.1) is 0 Å². The van der Waals surface area contributed by atoms with E-state index in [9.17, 15) is 4.79 Å². The lowest BCUT2D eigenvalue weighted by molar-refractivity contribution is -0.121. The number of morpholine rings is 1. The van der Waals surface area contributed by atoms with Gasteiger partial charge >= 0.3 is 0 Å². The molecule has 0 atom stereocenters. The molecule has 0 unspecified atom stereocenters. The molecule has 0 radical (unpaired) electrons. The second-order valence-electron chi connectivity index (χ2n) is 6.24. The lowest BCUT2D eigenvalue weighted by Crippen LogP contribution is -2.36. The van der Waals surface area contributed by atoms with Gasteiger partial charge < -0.3 is 15.0 Å². The topological polar surface area (TPSA) is 85.2 Å². The van der Waals surface area contributed by atoms with Crippen molar-refractivity contribution in [1.29, 1.82) is 0 Å². The van der Waals surface area contributed by atoms with Gasteiger partial charge in [-0.1, -0.05) is 28.1 Å². The van der Waals surface area contributed by atoms with Crippen LogP contribution in [-0.2, 0) is 22.6 Å². The smallest absolute Gasteiger partial charge is 0.242 e. The quantitative estimate of drug-likeness (QED) is 0.663. The van der Waals surface area contributed by atoms with Crippen LogP contribution in [0.15, 0.2) is 41.3 Å². The molecule has 1 amide bonds. The Morgan fingerprint density at radius 2 is 1.96 bits per heavy atom. The number of benzene rings is 1. The maximum Gasteiger partial charge on any atom is 0.242 e. The number of aromatic nitrogens is 4. The lowest BCUT2D eigenvalue weighted by atomic mass is 10.2. The van der Waals surface area contributed by atoms with Crippen molar-refractivity contribution in [1.82, 2.24) is 25.1 Å². The number of fused-ring (bicyclic) bond motifs is 1. The van der Waals surface area contributed by atoms with Crippen molar-refractivity contribution in [2.75, 3.05) is 31.2 Å². The third-order valence-corrected chi connectivity index (χ3v) is 4.95. The van der Waals surface area contributed by atoms with E-state index >= 15 is 0 Å². The van der Waals surface area contributed by atoms with E-state index in [4.69, 9.17) is 4.74 Å². The third-order valence-electron chi connectivity index (χ3n) is 4.42. The van der Waals surface area contributed by atoms with Gasteiger partial charge in [0, 0.05) is 24.1 Å². The van der Waals surface area contributed by atoms with E-state index in [-0.39, 0.29) is 12.5 Å². The van der Waals surface area contributed by atoms with E-state index < -0.39 is 0 Å². The summed E-state index contributed by atoms with van der Waals surface area (Å²) < 4.78 is 8.02. The molecule has 140 valence electrons. The molecule has 1 aliphatic heterocycles. The average Bonchev–Trinajstić information content (AvgIpc) is 3.11. The van der Waals surface area contributed by atoms with E-state index in [0.717, 1.165) is 34.3 Å². The molecule has 0 bridgehead atoms. The van der Waals surface area contributed by atoms with Crippen molar-refractivity contribution in [2.24, 2.45) is 0 Å². The Balaban J connectivity index is 1.45. The van der Waals surface area contributed by atoms with E-state index in [1.54, 1.807) is 10.9 Å². The summed E-state index contributed by atoms with van der Waals surface area (Å²) in [5, 5.41) is 8.11. The number of ether oxygens (including phenoxy) is 1. The van der Waals surface area contributed by atoms with E-state index in [1.165, 1.54) is 6.33 Å². The number of anilines is 1. The fourth-order valence-corrected chi connectivity index (χ4v) is 3.28. The SMILES string of the molecule is O=C(Cn1ncc2c(N3CCOCC3)ncnc21)NCc1ccc(Br)cc1. The maximum atomic E-state index is 12.3. The molecule has 1 N–H and O–H groups in total. The minimum atomic E-state index is -0.116. The number of hydrogen-bond donors (Lipinski definition) is 1. The molecule has 0 aliphatic carbocycles.